The molecule has 1 rings (SSSR count). The third-order valence-electron chi connectivity index (χ3n) is 1.95. The van der Waals surface area contributed by atoms with E-state index in [1.54, 1.807) is 30.3 Å². The van der Waals surface area contributed by atoms with Gasteiger partial charge in [0.1, 0.15) is 4.92 Å². The smallest absolute Gasteiger partial charge is 0.396 e. The van der Waals surface area contributed by atoms with Gasteiger partial charge in [-0.3, -0.25) is 14.9 Å². The van der Waals surface area contributed by atoms with Crippen molar-refractivity contribution in [1.82, 2.24) is 0 Å². The van der Waals surface area contributed by atoms with E-state index in [2.05, 4.69) is 11.9 Å². The van der Waals surface area contributed by atoms with Gasteiger partial charge in [0.05, 0.1) is 0 Å². The first-order chi connectivity index (χ1) is 10.5. The Kier molecular flexibility index (Phi) is 13.2. The number of amides is 1. The Morgan fingerprint density at radius 2 is 1.73 bits per heavy atom. The highest BCUT2D eigenvalue weighted by atomic mass is 16.7. The number of nitrogens with zero attached hydrogens (tertiary/aromatic N) is 1. The van der Waals surface area contributed by atoms with E-state index in [9.17, 15) is 14.9 Å². The first-order valence-corrected chi connectivity index (χ1v) is 7.08. The number of benzene rings is 1. The molecule has 0 bridgehead atoms. The zero-order valence-corrected chi connectivity index (χ0v) is 13.8. The van der Waals surface area contributed by atoms with Crippen LogP contribution in [-0.4, -0.2) is 10.8 Å². The Morgan fingerprint density at radius 1 is 1.23 bits per heavy atom. The molecule has 0 atom stereocenters. The fourth-order valence-electron chi connectivity index (χ4n) is 1.11. The minimum atomic E-state index is -0.806. The molecule has 1 N–H and O–H groups in total. The molecule has 22 heavy (non-hydrogen) atoms. The van der Waals surface area contributed by atoms with E-state index >= 15 is 0 Å². The van der Waals surface area contributed by atoms with Gasteiger partial charge >= 0.3 is 5.88 Å². The van der Waals surface area contributed by atoms with Crippen molar-refractivity contribution in [3.8, 4) is 0 Å². The maximum Gasteiger partial charge on any atom is 0.426 e. The molecule has 0 unspecified atom stereocenters. The number of nitro groups is 1. The lowest BCUT2D eigenvalue weighted by Gasteiger charge is -2.07. The fourth-order valence-corrected chi connectivity index (χ4v) is 1.11. The van der Waals surface area contributed by atoms with Crippen molar-refractivity contribution in [2.45, 2.75) is 34.6 Å². The minimum absolute atomic E-state index is 0.180. The molecule has 1 aromatic rings. The van der Waals surface area contributed by atoms with Gasteiger partial charge in [-0.2, -0.15) is 0 Å². The van der Waals surface area contributed by atoms with Crippen molar-refractivity contribution in [3.05, 3.63) is 64.7 Å². The average molecular weight is 308 g/mol. The normalized spacial score (nSPS) is 9.23. The summed E-state index contributed by atoms with van der Waals surface area (Å²) in [6.07, 6.45) is 1.33. The monoisotopic (exact) mass is 308 g/mol. The Bertz CT molecular complexity index is 496. The summed E-state index contributed by atoms with van der Waals surface area (Å²) in [6.45, 7) is 12.6. The van der Waals surface area contributed by atoms with Crippen LogP contribution in [0.3, 0.4) is 0 Å². The largest absolute Gasteiger partial charge is 0.426 e. The Balaban J connectivity index is 0. The molecule has 0 saturated heterocycles. The molecular formula is C16H24N2O4. The van der Waals surface area contributed by atoms with Gasteiger partial charge in [-0.25, -0.2) is 0 Å². The molecule has 0 spiro atoms. The number of para-hydroxylation sites is 1. The van der Waals surface area contributed by atoms with Crippen molar-refractivity contribution in [1.29, 1.82) is 0 Å². The summed E-state index contributed by atoms with van der Waals surface area (Å²) in [5.41, 5.74) is 0.567. The molecule has 122 valence electrons. The number of carbonyl (C=O) groups excluding carboxylic acids is 1. The minimum Gasteiger partial charge on any atom is -0.396 e. The first kappa shape index (κ1) is 21.7. The van der Waals surface area contributed by atoms with E-state index in [1.165, 1.54) is 13.0 Å². The predicted octanol–water partition coefficient (Wildman–Crippen LogP) is 4.35. The van der Waals surface area contributed by atoms with Crippen LogP contribution in [0.2, 0.25) is 0 Å². The number of rotatable bonds is 5. The summed E-state index contributed by atoms with van der Waals surface area (Å²) in [7, 11) is 0. The topological polar surface area (TPSA) is 81.5 Å². The fraction of sp³-hybridized carbons (Fsp3) is 0.312. The van der Waals surface area contributed by atoms with Gasteiger partial charge in [0.15, 0.2) is 5.76 Å². The van der Waals surface area contributed by atoms with E-state index in [-0.39, 0.29) is 5.76 Å². The van der Waals surface area contributed by atoms with Gasteiger partial charge in [-0.1, -0.05) is 45.9 Å². The zero-order chi connectivity index (χ0) is 17.5. The van der Waals surface area contributed by atoms with Crippen LogP contribution in [0.5, 0.6) is 0 Å². The van der Waals surface area contributed by atoms with Crippen LogP contribution < -0.4 is 5.32 Å². The molecule has 0 aliphatic carbocycles. The third kappa shape index (κ3) is 8.52. The molecule has 6 heteroatoms. The SMILES string of the molecule is C=C(O/C(=C\C)C(=O)Nc1ccccc1)[N+](=O)[O-].CC.CC. The molecule has 0 radical (unpaired) electrons. The molecule has 0 fully saturated rings. The Labute approximate surface area is 131 Å². The number of hydrogen-bond donors (Lipinski definition) is 1. The number of allylic oxidation sites excluding steroid dienone is 1. The molecule has 0 aliphatic rings. The second-order valence-electron chi connectivity index (χ2n) is 3.23. The summed E-state index contributed by atoms with van der Waals surface area (Å²) < 4.78 is 4.75. The van der Waals surface area contributed by atoms with Crippen LogP contribution >= 0.6 is 0 Å². The van der Waals surface area contributed by atoms with Crippen molar-refractivity contribution < 1.29 is 14.5 Å². The van der Waals surface area contributed by atoms with Crippen molar-refractivity contribution in [2.24, 2.45) is 0 Å². The zero-order valence-electron chi connectivity index (χ0n) is 13.8. The van der Waals surface area contributed by atoms with Gasteiger partial charge in [0, 0.05) is 12.3 Å². The summed E-state index contributed by atoms with van der Waals surface area (Å²) in [5, 5.41) is 12.9. The lowest BCUT2D eigenvalue weighted by molar-refractivity contribution is -0.458. The van der Waals surface area contributed by atoms with Gasteiger partial charge in [-0.15, -0.1) is 0 Å². The van der Waals surface area contributed by atoms with E-state index in [1.807, 2.05) is 27.7 Å². The highest BCUT2D eigenvalue weighted by Gasteiger charge is 2.17. The highest BCUT2D eigenvalue weighted by Crippen LogP contribution is 2.10. The van der Waals surface area contributed by atoms with Crippen LogP contribution in [-0.2, 0) is 9.53 Å². The second kappa shape index (κ2) is 13.4. The van der Waals surface area contributed by atoms with Crippen LogP contribution in [0.25, 0.3) is 0 Å². The van der Waals surface area contributed by atoms with Crippen molar-refractivity contribution in [3.63, 3.8) is 0 Å². The lowest BCUT2D eigenvalue weighted by Crippen LogP contribution is -2.17. The predicted molar refractivity (Wildman–Crippen MR) is 88.7 cm³/mol. The van der Waals surface area contributed by atoms with Gasteiger partial charge in [-0.05, 0) is 25.1 Å². The summed E-state index contributed by atoms with van der Waals surface area (Å²) in [6, 6.07) is 8.68. The third-order valence-corrected chi connectivity index (χ3v) is 1.95. The summed E-state index contributed by atoms with van der Waals surface area (Å²) in [4.78, 5) is 21.3. The number of hydrogen-bond acceptors (Lipinski definition) is 4. The van der Waals surface area contributed by atoms with E-state index in [0.29, 0.717) is 5.69 Å². The Hall–Kier alpha value is -2.63. The van der Waals surface area contributed by atoms with E-state index in [0.717, 1.165) is 0 Å². The quantitative estimate of drug-likeness (QED) is 0.379. The number of carbonyl (C=O) groups is 1. The number of ether oxygens (including phenoxy) is 1. The van der Waals surface area contributed by atoms with Crippen LogP contribution in [0.4, 0.5) is 5.69 Å². The maximum absolute atomic E-state index is 11.7. The number of anilines is 1. The van der Waals surface area contributed by atoms with Crippen LogP contribution in [0.1, 0.15) is 34.6 Å². The Morgan fingerprint density at radius 3 is 2.14 bits per heavy atom. The molecule has 0 saturated carbocycles. The van der Waals surface area contributed by atoms with Crippen LogP contribution in [0.15, 0.2) is 54.6 Å². The summed E-state index contributed by atoms with van der Waals surface area (Å²) in [5.74, 6) is -1.46. The molecule has 0 aliphatic heterocycles. The summed E-state index contributed by atoms with van der Waals surface area (Å²) >= 11 is 0. The molecule has 1 amide bonds. The van der Waals surface area contributed by atoms with Gasteiger partial charge in [0.25, 0.3) is 5.91 Å². The van der Waals surface area contributed by atoms with Crippen LogP contribution in [0, 0.1) is 10.1 Å². The van der Waals surface area contributed by atoms with Crippen molar-refractivity contribution >= 4 is 11.6 Å². The lowest BCUT2D eigenvalue weighted by atomic mass is 10.3. The highest BCUT2D eigenvalue weighted by molar-refractivity contribution is 6.02. The standard InChI is InChI=1S/C12H12N2O4.2C2H6/c1-3-11(18-9(2)14(16)17)12(15)13-10-7-5-4-6-8-10;2*1-2/h3-8H,2H2,1H3,(H,13,15);2*1-2H3/b11-3-;;. The van der Waals surface area contributed by atoms with Gasteiger partial charge in [0.2, 0.25) is 0 Å². The first-order valence-electron chi connectivity index (χ1n) is 7.08. The molecule has 1 aromatic carbocycles. The molecule has 6 nitrogen and oxygen atoms in total. The van der Waals surface area contributed by atoms with E-state index in [4.69, 9.17) is 4.74 Å². The number of nitrogens with one attached hydrogen (secondary N) is 1. The van der Waals surface area contributed by atoms with E-state index < -0.39 is 16.7 Å². The maximum atomic E-state index is 11.7. The van der Waals surface area contributed by atoms with Gasteiger partial charge < -0.3 is 10.1 Å². The van der Waals surface area contributed by atoms with Crippen molar-refractivity contribution in [2.75, 3.05) is 5.32 Å². The molecule has 0 heterocycles. The average Bonchev–Trinajstić information content (AvgIpc) is 2.56. The second-order valence-corrected chi connectivity index (χ2v) is 3.23. The molecular weight excluding hydrogens is 284 g/mol. The molecule has 0 aromatic heterocycles.